The van der Waals surface area contributed by atoms with Crippen LogP contribution in [0.1, 0.15) is 52.3 Å². The second kappa shape index (κ2) is 9.21. The topological polar surface area (TPSA) is 93.3 Å². The van der Waals surface area contributed by atoms with Gasteiger partial charge in [-0.15, -0.1) is 11.8 Å². The Balaban J connectivity index is 2.25. The molecule has 8 heteroatoms. The second-order valence-corrected chi connectivity index (χ2v) is 7.51. The van der Waals surface area contributed by atoms with Crippen molar-refractivity contribution in [3.05, 3.63) is 28.3 Å². The number of aliphatic imine (C=N–C) groups is 2. The van der Waals surface area contributed by atoms with Gasteiger partial charge in [-0.1, -0.05) is 13.3 Å². The molecule has 27 heavy (non-hydrogen) atoms. The highest BCUT2D eigenvalue weighted by Crippen LogP contribution is 2.30. The van der Waals surface area contributed by atoms with Crippen molar-refractivity contribution in [1.82, 2.24) is 5.32 Å². The first-order valence-electron chi connectivity index (χ1n) is 9.08. The lowest BCUT2D eigenvalue weighted by atomic mass is 10.0. The van der Waals surface area contributed by atoms with Crippen molar-refractivity contribution in [3.8, 4) is 5.75 Å². The maximum Gasteiger partial charge on any atom is 0.339 e. The van der Waals surface area contributed by atoms with E-state index in [0.717, 1.165) is 17.2 Å². The van der Waals surface area contributed by atoms with Gasteiger partial charge in [0, 0.05) is 18.9 Å². The van der Waals surface area contributed by atoms with Gasteiger partial charge in [-0.05, 0) is 27.2 Å². The zero-order chi connectivity index (χ0) is 20.0. The van der Waals surface area contributed by atoms with Gasteiger partial charge in [-0.2, -0.15) is 0 Å². The molecule has 2 heterocycles. The normalized spacial score (nSPS) is 20.9. The van der Waals surface area contributed by atoms with Crippen molar-refractivity contribution in [2.75, 3.05) is 19.4 Å². The molecule has 1 N–H and O–H groups in total. The summed E-state index contributed by atoms with van der Waals surface area (Å²) in [4.78, 5) is 33.5. The van der Waals surface area contributed by atoms with E-state index >= 15 is 0 Å². The van der Waals surface area contributed by atoms with E-state index < -0.39 is 17.2 Å². The fourth-order valence-electron chi connectivity index (χ4n) is 2.68. The van der Waals surface area contributed by atoms with Crippen molar-refractivity contribution in [1.29, 1.82) is 0 Å². The molecule has 1 amide bonds. The summed E-state index contributed by atoms with van der Waals surface area (Å²) in [5.41, 5.74) is -0.559. The molecule has 0 aromatic carbocycles. The van der Waals surface area contributed by atoms with Crippen LogP contribution < -0.4 is 15.7 Å². The van der Waals surface area contributed by atoms with Gasteiger partial charge in [0.15, 0.2) is 0 Å². The van der Waals surface area contributed by atoms with Crippen molar-refractivity contribution >= 4 is 28.4 Å². The molecule has 0 bridgehead atoms. The standard InChI is InChI=1S/C19H27N3O4S/c1-6-8-14(15-9-13(25-7-2)10-16(23)26-15)21-18(24)19(4)11-27-17(22-19)12(3)20-5/h9-10,14H,6-8,11H2,1-5H3,(H,21,24)/t14-,19+/m1/s1. The Kier molecular flexibility index (Phi) is 7.24. The zero-order valence-electron chi connectivity index (χ0n) is 16.5. The van der Waals surface area contributed by atoms with Gasteiger partial charge in [0.05, 0.1) is 24.4 Å². The third-order valence-electron chi connectivity index (χ3n) is 4.27. The van der Waals surface area contributed by atoms with E-state index in [1.165, 1.54) is 17.8 Å². The van der Waals surface area contributed by atoms with Crippen LogP contribution in [0, 0.1) is 0 Å². The number of nitrogens with zero attached hydrogens (tertiary/aromatic N) is 2. The molecule has 2 rings (SSSR count). The van der Waals surface area contributed by atoms with E-state index in [9.17, 15) is 9.59 Å². The Labute approximate surface area is 163 Å². The fourth-order valence-corrected chi connectivity index (χ4v) is 3.86. The summed E-state index contributed by atoms with van der Waals surface area (Å²) in [6.07, 6.45) is 1.45. The quantitative estimate of drug-likeness (QED) is 0.685. The third kappa shape index (κ3) is 5.22. The Hall–Kier alpha value is -2.09. The molecule has 0 radical (unpaired) electrons. The Bertz CT molecular complexity index is 802. The number of carbonyl (C=O) groups is 1. The summed E-state index contributed by atoms with van der Waals surface area (Å²) in [7, 11) is 1.71. The first-order valence-corrected chi connectivity index (χ1v) is 10.1. The van der Waals surface area contributed by atoms with Gasteiger partial charge in [0.2, 0.25) is 5.91 Å². The van der Waals surface area contributed by atoms with E-state index in [1.807, 2.05) is 20.8 Å². The highest BCUT2D eigenvalue weighted by atomic mass is 32.2. The SMILES string of the molecule is CCC[C@@H](NC(=O)[C@]1(C)CSC(C(C)=NC)=N1)c1cc(OCC)cc(=O)o1. The van der Waals surface area contributed by atoms with Crippen LogP contribution in [0.15, 0.2) is 31.3 Å². The average Bonchev–Trinajstić information content (AvgIpc) is 3.04. The Morgan fingerprint density at radius 3 is 2.85 bits per heavy atom. The van der Waals surface area contributed by atoms with Crippen LogP contribution in [0.5, 0.6) is 5.75 Å². The predicted molar refractivity (Wildman–Crippen MR) is 109 cm³/mol. The molecule has 7 nitrogen and oxygen atoms in total. The van der Waals surface area contributed by atoms with Crippen LogP contribution >= 0.6 is 11.8 Å². The van der Waals surface area contributed by atoms with Crippen LogP contribution in [0.3, 0.4) is 0 Å². The summed E-state index contributed by atoms with van der Waals surface area (Å²) in [5, 5.41) is 3.79. The van der Waals surface area contributed by atoms with Gasteiger partial charge in [0.25, 0.3) is 0 Å². The van der Waals surface area contributed by atoms with Gasteiger partial charge in [0.1, 0.15) is 22.1 Å². The first kappa shape index (κ1) is 21.2. The largest absolute Gasteiger partial charge is 0.493 e. The number of hydrogen-bond donors (Lipinski definition) is 1. The molecule has 2 atom stereocenters. The minimum atomic E-state index is -0.879. The second-order valence-electron chi connectivity index (χ2n) is 6.55. The average molecular weight is 394 g/mol. The third-order valence-corrected chi connectivity index (χ3v) is 5.64. The summed E-state index contributed by atoms with van der Waals surface area (Å²) in [6, 6.07) is 2.55. The molecule has 0 saturated heterocycles. The van der Waals surface area contributed by atoms with Gasteiger partial charge in [-0.3, -0.25) is 14.8 Å². The van der Waals surface area contributed by atoms with E-state index in [2.05, 4.69) is 15.3 Å². The molecular formula is C19H27N3O4S. The van der Waals surface area contributed by atoms with Gasteiger partial charge >= 0.3 is 5.63 Å². The monoisotopic (exact) mass is 393 g/mol. The fraction of sp³-hybridized carbons (Fsp3) is 0.579. The lowest BCUT2D eigenvalue weighted by Gasteiger charge is -2.24. The maximum absolute atomic E-state index is 13.0. The number of amides is 1. The molecular weight excluding hydrogens is 366 g/mol. The molecule has 0 aliphatic carbocycles. The van der Waals surface area contributed by atoms with Crippen molar-refractivity contribution in [2.24, 2.45) is 9.98 Å². The van der Waals surface area contributed by atoms with Gasteiger partial charge < -0.3 is 14.5 Å². The Morgan fingerprint density at radius 1 is 1.48 bits per heavy atom. The summed E-state index contributed by atoms with van der Waals surface area (Å²) >= 11 is 1.52. The minimum absolute atomic E-state index is 0.197. The molecule has 0 fully saturated rings. The van der Waals surface area contributed by atoms with Crippen molar-refractivity contribution < 1.29 is 13.9 Å². The minimum Gasteiger partial charge on any atom is -0.493 e. The summed E-state index contributed by atoms with van der Waals surface area (Å²) in [6.45, 7) is 7.98. The highest BCUT2D eigenvalue weighted by molar-refractivity contribution is 8.16. The van der Waals surface area contributed by atoms with Crippen LogP contribution in [-0.2, 0) is 4.79 Å². The van der Waals surface area contributed by atoms with Crippen molar-refractivity contribution in [2.45, 2.75) is 52.1 Å². The molecule has 1 aliphatic heterocycles. The van der Waals surface area contributed by atoms with Crippen LogP contribution in [0.2, 0.25) is 0 Å². The lowest BCUT2D eigenvalue weighted by molar-refractivity contribution is -0.125. The molecule has 148 valence electrons. The molecule has 1 aliphatic rings. The highest BCUT2D eigenvalue weighted by Gasteiger charge is 2.39. The first-order chi connectivity index (χ1) is 12.8. The van der Waals surface area contributed by atoms with Crippen LogP contribution in [0.25, 0.3) is 0 Å². The molecule has 0 saturated carbocycles. The number of ether oxygens (including phenoxy) is 1. The Morgan fingerprint density at radius 2 is 2.22 bits per heavy atom. The molecule has 1 aromatic rings. The molecule has 0 spiro atoms. The van der Waals surface area contributed by atoms with E-state index in [4.69, 9.17) is 9.15 Å². The van der Waals surface area contributed by atoms with Gasteiger partial charge in [-0.25, -0.2) is 4.79 Å². The summed E-state index contributed by atoms with van der Waals surface area (Å²) < 4.78 is 10.8. The lowest BCUT2D eigenvalue weighted by Crippen LogP contribution is -2.45. The predicted octanol–water partition coefficient (Wildman–Crippen LogP) is 2.99. The number of rotatable bonds is 8. The zero-order valence-corrected chi connectivity index (χ0v) is 17.3. The van der Waals surface area contributed by atoms with E-state index in [1.54, 1.807) is 20.0 Å². The van der Waals surface area contributed by atoms with Crippen molar-refractivity contribution in [3.63, 3.8) is 0 Å². The molecule has 1 aromatic heterocycles. The van der Waals surface area contributed by atoms with E-state index in [-0.39, 0.29) is 5.91 Å². The summed E-state index contributed by atoms with van der Waals surface area (Å²) in [5.74, 6) is 1.18. The smallest absolute Gasteiger partial charge is 0.339 e. The van der Waals surface area contributed by atoms with E-state index in [0.29, 0.717) is 30.3 Å². The van der Waals surface area contributed by atoms with Crippen LogP contribution in [-0.4, -0.2) is 41.6 Å². The van der Waals surface area contributed by atoms with Crippen LogP contribution in [0.4, 0.5) is 0 Å². The number of hydrogen-bond acceptors (Lipinski definition) is 7. The number of carbonyl (C=O) groups excluding carboxylic acids is 1. The molecule has 0 unspecified atom stereocenters. The number of nitrogens with one attached hydrogen (secondary N) is 1. The number of thioether (sulfide) groups is 1. The maximum atomic E-state index is 13.0.